The van der Waals surface area contributed by atoms with Crippen LogP contribution >= 0.6 is 0 Å². The Hall–Kier alpha value is -1.35. The molecule has 0 unspecified atom stereocenters. The van der Waals surface area contributed by atoms with Gasteiger partial charge in [-0.1, -0.05) is 6.07 Å². The van der Waals surface area contributed by atoms with Crippen LogP contribution in [0.25, 0.3) is 0 Å². The summed E-state index contributed by atoms with van der Waals surface area (Å²) >= 11 is 0. The molecule has 2 rings (SSSR count). The Kier molecular flexibility index (Phi) is 2.73. The molecule has 0 heterocycles. The van der Waals surface area contributed by atoms with Crippen LogP contribution in [0, 0.1) is 6.61 Å². The van der Waals surface area contributed by atoms with Gasteiger partial charge in [-0.15, -0.1) is 0 Å². The number of hydrogen-bond acceptors (Lipinski definition) is 3. The van der Waals surface area contributed by atoms with E-state index in [2.05, 4.69) is 0 Å². The van der Waals surface area contributed by atoms with E-state index in [0.717, 1.165) is 12.2 Å². The van der Waals surface area contributed by atoms with Crippen molar-refractivity contribution in [2.75, 3.05) is 0 Å². The minimum atomic E-state index is -0.341. The van der Waals surface area contributed by atoms with Crippen LogP contribution in [0.4, 0.5) is 0 Å². The molecule has 1 aliphatic rings. The lowest BCUT2D eigenvalue weighted by molar-refractivity contribution is -0.131. The Morgan fingerprint density at radius 2 is 2.20 bits per heavy atom. The summed E-state index contributed by atoms with van der Waals surface area (Å²) in [4.78, 5) is 10.8. The molecule has 0 atom stereocenters. The van der Waals surface area contributed by atoms with Gasteiger partial charge < -0.3 is 9.84 Å². The number of ether oxygens (including phenoxy) is 1. The Morgan fingerprint density at radius 1 is 1.47 bits per heavy atom. The molecule has 3 heteroatoms. The zero-order valence-electron chi connectivity index (χ0n) is 8.56. The van der Waals surface area contributed by atoms with Crippen molar-refractivity contribution >= 4 is 5.97 Å². The van der Waals surface area contributed by atoms with Gasteiger partial charge in [0.25, 0.3) is 0 Å². The number of benzene rings is 1. The number of carbonyl (C=O) groups excluding carboxylic acids is 1. The highest BCUT2D eigenvalue weighted by atomic mass is 16.5. The summed E-state index contributed by atoms with van der Waals surface area (Å²) in [5.41, 5.74) is 1.81. The van der Waals surface area contributed by atoms with Crippen LogP contribution in [0.1, 0.15) is 36.8 Å². The van der Waals surface area contributed by atoms with Gasteiger partial charge >= 0.3 is 5.97 Å². The predicted molar refractivity (Wildman–Crippen MR) is 55.1 cm³/mol. The van der Waals surface area contributed by atoms with E-state index < -0.39 is 0 Å². The molecule has 3 nitrogen and oxygen atoms in total. The van der Waals surface area contributed by atoms with Gasteiger partial charge in [-0.2, -0.15) is 0 Å². The predicted octanol–water partition coefficient (Wildman–Crippen LogP) is 2.37. The SMILES string of the molecule is CC(=O)Oc1cc([CH]O)cc(C2CC2)c1. The lowest BCUT2D eigenvalue weighted by atomic mass is 10.1. The molecule has 1 aromatic rings. The fourth-order valence-corrected chi connectivity index (χ4v) is 1.60. The molecule has 1 saturated carbocycles. The van der Waals surface area contributed by atoms with E-state index in [1.54, 1.807) is 6.07 Å². The maximum absolute atomic E-state index is 10.8. The van der Waals surface area contributed by atoms with Crippen LogP contribution in [-0.4, -0.2) is 11.1 Å². The molecular weight excluding hydrogens is 192 g/mol. The highest BCUT2D eigenvalue weighted by molar-refractivity contribution is 5.69. The number of hydrogen-bond donors (Lipinski definition) is 1. The summed E-state index contributed by atoms with van der Waals surface area (Å²) in [5.74, 6) is 0.734. The van der Waals surface area contributed by atoms with Crippen LogP contribution in [-0.2, 0) is 4.79 Å². The summed E-state index contributed by atoms with van der Waals surface area (Å²) in [7, 11) is 0. The fraction of sp³-hybridized carbons (Fsp3) is 0.333. The van der Waals surface area contributed by atoms with Crippen LogP contribution in [0.15, 0.2) is 18.2 Å². The number of aliphatic hydroxyl groups excluding tert-OH is 1. The third-order valence-corrected chi connectivity index (χ3v) is 2.41. The van der Waals surface area contributed by atoms with Crippen molar-refractivity contribution in [3.05, 3.63) is 35.9 Å². The van der Waals surface area contributed by atoms with Crippen LogP contribution in [0.3, 0.4) is 0 Å². The lowest BCUT2D eigenvalue weighted by Gasteiger charge is -2.06. The first-order valence-electron chi connectivity index (χ1n) is 5.00. The van der Waals surface area contributed by atoms with E-state index in [1.165, 1.54) is 19.8 Å². The summed E-state index contributed by atoms with van der Waals surface area (Å²) in [5, 5.41) is 8.96. The molecule has 1 N–H and O–H groups in total. The van der Waals surface area contributed by atoms with Crippen molar-refractivity contribution in [1.29, 1.82) is 0 Å². The van der Waals surface area contributed by atoms with Crippen molar-refractivity contribution < 1.29 is 14.6 Å². The van der Waals surface area contributed by atoms with Crippen molar-refractivity contribution in [3.63, 3.8) is 0 Å². The summed E-state index contributed by atoms with van der Waals surface area (Å²) in [6.07, 6.45) is 2.35. The van der Waals surface area contributed by atoms with E-state index in [1.807, 2.05) is 12.1 Å². The fourth-order valence-electron chi connectivity index (χ4n) is 1.60. The van der Waals surface area contributed by atoms with Gasteiger partial charge in [0, 0.05) is 6.92 Å². The minimum Gasteiger partial charge on any atom is -0.427 e. The number of rotatable bonds is 3. The molecule has 15 heavy (non-hydrogen) atoms. The monoisotopic (exact) mass is 205 g/mol. The van der Waals surface area contributed by atoms with Crippen LogP contribution in [0.5, 0.6) is 5.75 Å². The van der Waals surface area contributed by atoms with Gasteiger partial charge in [-0.3, -0.25) is 4.79 Å². The molecular formula is C12H13O3. The third-order valence-electron chi connectivity index (χ3n) is 2.41. The largest absolute Gasteiger partial charge is 0.427 e. The topological polar surface area (TPSA) is 46.5 Å². The molecule has 0 aromatic heterocycles. The second kappa shape index (κ2) is 4.03. The highest BCUT2D eigenvalue weighted by Crippen LogP contribution is 2.41. The van der Waals surface area contributed by atoms with Crippen molar-refractivity contribution in [2.45, 2.75) is 25.7 Å². The van der Waals surface area contributed by atoms with Gasteiger partial charge in [0.05, 0.1) is 0 Å². The molecule has 1 fully saturated rings. The van der Waals surface area contributed by atoms with Crippen molar-refractivity contribution in [3.8, 4) is 5.75 Å². The van der Waals surface area contributed by atoms with E-state index in [0.29, 0.717) is 17.2 Å². The highest BCUT2D eigenvalue weighted by Gasteiger charge is 2.24. The molecule has 0 amide bonds. The van der Waals surface area contributed by atoms with Crippen molar-refractivity contribution in [2.24, 2.45) is 0 Å². The molecule has 1 radical (unpaired) electrons. The van der Waals surface area contributed by atoms with Gasteiger partial charge in [-0.05, 0) is 42.0 Å². The van der Waals surface area contributed by atoms with Gasteiger partial charge in [-0.25, -0.2) is 0 Å². The van der Waals surface area contributed by atoms with Crippen molar-refractivity contribution in [1.82, 2.24) is 0 Å². The van der Waals surface area contributed by atoms with Gasteiger partial charge in [0.2, 0.25) is 0 Å². The molecule has 0 spiro atoms. The Bertz CT molecular complexity index is 380. The van der Waals surface area contributed by atoms with Gasteiger partial charge in [0.15, 0.2) is 0 Å². The summed E-state index contributed by atoms with van der Waals surface area (Å²) in [6, 6.07) is 5.43. The zero-order valence-corrected chi connectivity index (χ0v) is 8.56. The Balaban J connectivity index is 2.28. The first kappa shape index (κ1) is 10.2. The second-order valence-corrected chi connectivity index (χ2v) is 3.83. The third kappa shape index (κ3) is 2.57. The Morgan fingerprint density at radius 3 is 2.73 bits per heavy atom. The standard InChI is InChI=1S/C12H13O3/c1-8(14)15-12-5-9(7-13)4-11(6-12)10-2-3-10/h4-7,10,13H,2-3H2,1H3. The van der Waals surface area contributed by atoms with E-state index in [9.17, 15) is 4.79 Å². The first-order valence-corrected chi connectivity index (χ1v) is 5.00. The number of carbonyl (C=O) groups is 1. The second-order valence-electron chi connectivity index (χ2n) is 3.83. The van der Waals surface area contributed by atoms with Crippen LogP contribution in [0.2, 0.25) is 0 Å². The Labute approximate surface area is 88.7 Å². The van der Waals surface area contributed by atoms with E-state index in [-0.39, 0.29) is 5.97 Å². The quantitative estimate of drug-likeness (QED) is 0.608. The molecule has 1 aromatic carbocycles. The van der Waals surface area contributed by atoms with Crippen LogP contribution < -0.4 is 4.74 Å². The molecule has 1 aliphatic carbocycles. The van der Waals surface area contributed by atoms with E-state index >= 15 is 0 Å². The minimum absolute atomic E-state index is 0.341. The molecule has 0 bridgehead atoms. The lowest BCUT2D eigenvalue weighted by Crippen LogP contribution is -2.02. The maximum Gasteiger partial charge on any atom is 0.308 e. The molecule has 0 saturated heterocycles. The number of aliphatic hydroxyl groups is 1. The van der Waals surface area contributed by atoms with Gasteiger partial charge in [0.1, 0.15) is 12.4 Å². The first-order chi connectivity index (χ1) is 7.19. The summed E-state index contributed by atoms with van der Waals surface area (Å²) in [6.45, 7) is 2.39. The average Bonchev–Trinajstić information content (AvgIpc) is 2.99. The number of esters is 1. The zero-order chi connectivity index (χ0) is 10.8. The molecule has 0 aliphatic heterocycles. The maximum atomic E-state index is 10.8. The normalized spacial score (nSPS) is 15.1. The van der Waals surface area contributed by atoms with E-state index in [4.69, 9.17) is 9.84 Å². The summed E-state index contributed by atoms with van der Waals surface area (Å²) < 4.78 is 5.01. The smallest absolute Gasteiger partial charge is 0.308 e. The molecule has 79 valence electrons. The average molecular weight is 205 g/mol.